The first-order valence-corrected chi connectivity index (χ1v) is 9.43. The van der Waals surface area contributed by atoms with Gasteiger partial charge in [-0.05, 0) is 36.8 Å². The van der Waals surface area contributed by atoms with Crippen molar-refractivity contribution in [2.24, 2.45) is 0 Å². The molecule has 2 heterocycles. The van der Waals surface area contributed by atoms with Gasteiger partial charge >= 0.3 is 0 Å². The van der Waals surface area contributed by atoms with Crippen LogP contribution in [0.4, 0.5) is 5.69 Å². The first-order valence-electron chi connectivity index (χ1n) is 9.43. The van der Waals surface area contributed by atoms with Crippen molar-refractivity contribution in [1.29, 1.82) is 0 Å². The molecule has 2 aliphatic heterocycles. The number of hydrogen-bond donors (Lipinski definition) is 1. The number of nitrogens with zero attached hydrogens (tertiary/aromatic N) is 1. The van der Waals surface area contributed by atoms with Crippen LogP contribution in [0.1, 0.15) is 23.5 Å². The summed E-state index contributed by atoms with van der Waals surface area (Å²) >= 11 is 0. The standard InChI is InChI=1S/C23H24N2O3/c1-4-18-19(16-7-10-20-21(13-16)28-12-11-27-20)14-22(26)24-23(18)25(3)17-8-5-15(2)6-9-17/h4-10,13,19H,1,11-12,14H2,2-3H3,(H,24,26). The zero-order valence-corrected chi connectivity index (χ0v) is 16.2. The molecule has 0 saturated carbocycles. The van der Waals surface area contributed by atoms with Crippen LogP contribution in [0.3, 0.4) is 0 Å². The van der Waals surface area contributed by atoms with Crippen LogP contribution in [-0.4, -0.2) is 26.2 Å². The number of benzene rings is 2. The fourth-order valence-electron chi connectivity index (χ4n) is 3.70. The lowest BCUT2D eigenvalue weighted by Gasteiger charge is -2.33. The molecule has 0 bridgehead atoms. The summed E-state index contributed by atoms with van der Waals surface area (Å²) in [6.07, 6.45) is 2.20. The number of amides is 1. The van der Waals surface area contributed by atoms with Crippen LogP contribution >= 0.6 is 0 Å². The smallest absolute Gasteiger partial charge is 0.226 e. The lowest BCUT2D eigenvalue weighted by atomic mass is 9.85. The van der Waals surface area contributed by atoms with E-state index in [2.05, 4.69) is 31.0 Å². The van der Waals surface area contributed by atoms with Gasteiger partial charge in [0.25, 0.3) is 0 Å². The molecule has 1 amide bonds. The van der Waals surface area contributed by atoms with Crippen LogP contribution in [0.15, 0.2) is 66.5 Å². The minimum atomic E-state index is -0.0926. The SMILES string of the molecule is C=CC1=C(N(C)c2ccc(C)cc2)NC(=O)CC1c1ccc2c(c1)OCCO2. The van der Waals surface area contributed by atoms with E-state index < -0.39 is 0 Å². The molecule has 1 N–H and O–H groups in total. The van der Waals surface area contributed by atoms with Gasteiger partial charge in [0.05, 0.1) is 0 Å². The summed E-state index contributed by atoms with van der Waals surface area (Å²) < 4.78 is 11.3. The second-order valence-corrected chi connectivity index (χ2v) is 7.11. The fourth-order valence-corrected chi connectivity index (χ4v) is 3.70. The van der Waals surface area contributed by atoms with Crippen LogP contribution < -0.4 is 19.7 Å². The molecule has 28 heavy (non-hydrogen) atoms. The van der Waals surface area contributed by atoms with Gasteiger partial charge < -0.3 is 19.7 Å². The molecule has 0 spiro atoms. The molecule has 2 aliphatic rings. The fraction of sp³-hybridized carbons (Fsp3) is 0.261. The van der Waals surface area contributed by atoms with E-state index in [1.807, 2.05) is 48.4 Å². The van der Waals surface area contributed by atoms with Crippen molar-refractivity contribution < 1.29 is 14.3 Å². The number of hydrogen-bond acceptors (Lipinski definition) is 4. The highest BCUT2D eigenvalue weighted by Gasteiger charge is 2.30. The maximum absolute atomic E-state index is 12.5. The van der Waals surface area contributed by atoms with Crippen molar-refractivity contribution in [2.45, 2.75) is 19.3 Å². The zero-order chi connectivity index (χ0) is 19.7. The van der Waals surface area contributed by atoms with E-state index in [0.29, 0.717) is 19.6 Å². The maximum atomic E-state index is 12.5. The van der Waals surface area contributed by atoms with Crippen molar-refractivity contribution in [3.63, 3.8) is 0 Å². The van der Waals surface area contributed by atoms with Crippen molar-refractivity contribution in [3.05, 3.63) is 77.6 Å². The van der Waals surface area contributed by atoms with Crippen LogP contribution in [0, 0.1) is 6.92 Å². The van der Waals surface area contributed by atoms with Crippen molar-refractivity contribution in [2.75, 3.05) is 25.2 Å². The minimum Gasteiger partial charge on any atom is -0.486 e. The third-order valence-electron chi connectivity index (χ3n) is 5.24. The molecule has 0 saturated heterocycles. The largest absolute Gasteiger partial charge is 0.486 e. The molecule has 5 heteroatoms. The van der Waals surface area contributed by atoms with Crippen molar-refractivity contribution in [1.82, 2.24) is 5.32 Å². The molecule has 2 aromatic carbocycles. The molecule has 0 aromatic heterocycles. The minimum absolute atomic E-state index is 0.0144. The Hall–Kier alpha value is -3.21. The Balaban J connectivity index is 1.74. The van der Waals surface area contributed by atoms with Crippen molar-refractivity contribution >= 4 is 11.6 Å². The molecule has 2 aromatic rings. The number of fused-ring (bicyclic) bond motifs is 1. The summed E-state index contributed by atoms with van der Waals surface area (Å²) in [4.78, 5) is 14.5. The van der Waals surface area contributed by atoms with E-state index in [9.17, 15) is 4.79 Å². The molecule has 0 fully saturated rings. The summed E-state index contributed by atoms with van der Waals surface area (Å²) in [6, 6.07) is 14.1. The Morgan fingerprint density at radius 2 is 1.82 bits per heavy atom. The van der Waals surface area contributed by atoms with E-state index >= 15 is 0 Å². The van der Waals surface area contributed by atoms with Gasteiger partial charge in [-0.15, -0.1) is 0 Å². The van der Waals surface area contributed by atoms with Gasteiger partial charge in [0.2, 0.25) is 5.91 Å². The number of rotatable bonds is 4. The number of allylic oxidation sites excluding steroid dienone is 2. The lowest BCUT2D eigenvalue weighted by molar-refractivity contribution is -0.121. The predicted molar refractivity (Wildman–Crippen MR) is 110 cm³/mol. The second kappa shape index (κ2) is 7.43. The maximum Gasteiger partial charge on any atom is 0.226 e. The third-order valence-corrected chi connectivity index (χ3v) is 5.24. The monoisotopic (exact) mass is 376 g/mol. The second-order valence-electron chi connectivity index (χ2n) is 7.11. The molecule has 0 radical (unpaired) electrons. The van der Waals surface area contributed by atoms with Gasteiger partial charge in [-0.25, -0.2) is 0 Å². The van der Waals surface area contributed by atoms with E-state index in [1.54, 1.807) is 0 Å². The Morgan fingerprint density at radius 1 is 1.11 bits per heavy atom. The third kappa shape index (κ3) is 3.36. The van der Waals surface area contributed by atoms with Crippen molar-refractivity contribution in [3.8, 4) is 11.5 Å². The molecule has 1 unspecified atom stereocenters. The topological polar surface area (TPSA) is 50.8 Å². The van der Waals surface area contributed by atoms with E-state index in [0.717, 1.165) is 34.1 Å². The summed E-state index contributed by atoms with van der Waals surface area (Å²) in [6.45, 7) is 7.17. The highest BCUT2D eigenvalue weighted by molar-refractivity contribution is 5.83. The molecular weight excluding hydrogens is 352 g/mol. The number of aryl methyl sites for hydroxylation is 1. The van der Waals surface area contributed by atoms with E-state index in [-0.39, 0.29) is 11.8 Å². The number of carbonyl (C=O) groups is 1. The highest BCUT2D eigenvalue weighted by atomic mass is 16.6. The van der Waals surface area contributed by atoms with Gasteiger partial charge in [0.1, 0.15) is 19.0 Å². The van der Waals surface area contributed by atoms with Crippen LogP contribution in [-0.2, 0) is 4.79 Å². The van der Waals surface area contributed by atoms with Crippen LogP contribution in [0.5, 0.6) is 11.5 Å². The Morgan fingerprint density at radius 3 is 2.54 bits per heavy atom. The molecule has 5 nitrogen and oxygen atoms in total. The first-order chi connectivity index (χ1) is 13.6. The summed E-state index contributed by atoms with van der Waals surface area (Å²) in [7, 11) is 1.95. The molecule has 4 rings (SSSR count). The van der Waals surface area contributed by atoms with Gasteiger partial charge in [-0.2, -0.15) is 0 Å². The Bertz CT molecular complexity index is 947. The van der Waals surface area contributed by atoms with Crippen LogP contribution in [0.2, 0.25) is 0 Å². The highest BCUT2D eigenvalue weighted by Crippen LogP contribution is 2.39. The number of anilines is 1. The first kappa shape index (κ1) is 18.2. The van der Waals surface area contributed by atoms with E-state index in [4.69, 9.17) is 9.47 Å². The summed E-state index contributed by atoms with van der Waals surface area (Å²) in [5, 5.41) is 3.03. The normalized spacial score (nSPS) is 18.5. The predicted octanol–water partition coefficient (Wildman–Crippen LogP) is 3.90. The van der Waals surface area contributed by atoms with Gasteiger partial charge in [-0.3, -0.25) is 4.79 Å². The summed E-state index contributed by atoms with van der Waals surface area (Å²) in [5.41, 5.74) is 4.20. The average molecular weight is 376 g/mol. The zero-order valence-electron chi connectivity index (χ0n) is 16.2. The number of carbonyl (C=O) groups excluding carboxylic acids is 1. The van der Waals surface area contributed by atoms with E-state index in [1.165, 1.54) is 5.56 Å². The molecule has 0 aliphatic carbocycles. The van der Waals surface area contributed by atoms with Gasteiger partial charge in [0, 0.05) is 30.6 Å². The van der Waals surface area contributed by atoms with Gasteiger partial charge in [0.15, 0.2) is 11.5 Å². The van der Waals surface area contributed by atoms with Crippen LogP contribution in [0.25, 0.3) is 0 Å². The summed E-state index contributed by atoms with van der Waals surface area (Å²) in [5.74, 6) is 2.13. The lowest BCUT2D eigenvalue weighted by Crippen LogP contribution is -2.39. The number of ether oxygens (including phenoxy) is 2. The average Bonchev–Trinajstić information content (AvgIpc) is 2.72. The van der Waals surface area contributed by atoms with Gasteiger partial charge in [-0.1, -0.05) is 36.4 Å². The molecular formula is C23H24N2O3. The Labute approximate surface area is 165 Å². The molecule has 144 valence electrons. The molecule has 1 atom stereocenters. The Kier molecular flexibility index (Phi) is 4.82. The quantitative estimate of drug-likeness (QED) is 0.879. The number of nitrogens with one attached hydrogen (secondary N) is 1.